The van der Waals surface area contributed by atoms with E-state index in [0.717, 1.165) is 0 Å². The van der Waals surface area contributed by atoms with E-state index < -0.39 is 0 Å². The van der Waals surface area contributed by atoms with E-state index in [2.05, 4.69) is 15.7 Å². The van der Waals surface area contributed by atoms with Crippen LogP contribution in [0.4, 0.5) is 0 Å². The highest BCUT2D eigenvalue weighted by molar-refractivity contribution is 7.80. The Labute approximate surface area is 116 Å². The van der Waals surface area contributed by atoms with Crippen molar-refractivity contribution in [1.82, 2.24) is 15.0 Å². The first kappa shape index (κ1) is 13.5. The van der Waals surface area contributed by atoms with E-state index in [1.54, 1.807) is 13.0 Å². The zero-order valence-corrected chi connectivity index (χ0v) is 11.9. The molecule has 2 rings (SSSR count). The second-order valence-electron chi connectivity index (χ2n) is 4.56. The number of hydrogen-bond donors (Lipinski definition) is 2. The first-order chi connectivity index (χ1) is 8.99. The lowest BCUT2D eigenvalue weighted by Gasteiger charge is -2.16. The Morgan fingerprint density at radius 2 is 2.05 bits per heavy atom. The van der Waals surface area contributed by atoms with Gasteiger partial charge in [-0.25, -0.2) is 9.66 Å². The van der Waals surface area contributed by atoms with Gasteiger partial charge >= 0.3 is 0 Å². The molecule has 1 aromatic carbocycles. The summed E-state index contributed by atoms with van der Waals surface area (Å²) in [5.74, 6) is 0.566. The molecule has 2 N–H and O–H groups in total. The SMILES string of the molecule is Cc1nc2ccccc2c(=O)n1NC(=S)NC(C)C. The monoisotopic (exact) mass is 276 g/mol. The van der Waals surface area contributed by atoms with Crippen LogP contribution in [-0.2, 0) is 0 Å². The van der Waals surface area contributed by atoms with Gasteiger partial charge in [-0.3, -0.25) is 10.2 Å². The second-order valence-corrected chi connectivity index (χ2v) is 4.96. The topological polar surface area (TPSA) is 59.0 Å². The number of fused-ring (bicyclic) bond motifs is 1. The minimum Gasteiger partial charge on any atom is -0.359 e. The average molecular weight is 276 g/mol. The number of thiocarbonyl (C=S) groups is 1. The lowest BCUT2D eigenvalue weighted by atomic mass is 10.2. The fraction of sp³-hybridized carbons (Fsp3) is 0.308. The Morgan fingerprint density at radius 1 is 1.37 bits per heavy atom. The summed E-state index contributed by atoms with van der Waals surface area (Å²) in [5.41, 5.74) is 3.39. The first-order valence-electron chi connectivity index (χ1n) is 6.05. The smallest absolute Gasteiger partial charge is 0.280 e. The summed E-state index contributed by atoms with van der Waals surface area (Å²) >= 11 is 5.14. The minimum absolute atomic E-state index is 0.156. The molecule has 0 unspecified atom stereocenters. The highest BCUT2D eigenvalue weighted by Gasteiger charge is 2.08. The van der Waals surface area contributed by atoms with Crippen LogP contribution in [-0.4, -0.2) is 20.8 Å². The number of aryl methyl sites for hydroxylation is 1. The van der Waals surface area contributed by atoms with Crippen LogP contribution in [0.5, 0.6) is 0 Å². The summed E-state index contributed by atoms with van der Waals surface area (Å²) in [4.78, 5) is 16.7. The highest BCUT2D eigenvalue weighted by Crippen LogP contribution is 2.06. The molecule has 100 valence electrons. The first-order valence-corrected chi connectivity index (χ1v) is 6.46. The molecule has 5 nitrogen and oxygen atoms in total. The van der Waals surface area contributed by atoms with Crippen LogP contribution in [0, 0.1) is 6.92 Å². The van der Waals surface area contributed by atoms with E-state index in [1.165, 1.54) is 4.68 Å². The maximum atomic E-state index is 12.3. The van der Waals surface area contributed by atoms with Crippen molar-refractivity contribution in [2.75, 3.05) is 5.43 Å². The van der Waals surface area contributed by atoms with Gasteiger partial charge in [0.15, 0.2) is 5.11 Å². The van der Waals surface area contributed by atoms with E-state index in [1.807, 2.05) is 32.0 Å². The molecule has 6 heteroatoms. The molecule has 0 atom stereocenters. The molecule has 0 aliphatic heterocycles. The summed E-state index contributed by atoms with van der Waals surface area (Å²) in [7, 11) is 0. The van der Waals surface area contributed by atoms with Crippen molar-refractivity contribution in [2.24, 2.45) is 0 Å². The summed E-state index contributed by atoms with van der Waals surface area (Å²) < 4.78 is 1.36. The van der Waals surface area contributed by atoms with Crippen molar-refractivity contribution in [3.05, 3.63) is 40.4 Å². The fourth-order valence-corrected chi connectivity index (χ4v) is 2.10. The minimum atomic E-state index is -0.156. The van der Waals surface area contributed by atoms with Gasteiger partial charge in [0.1, 0.15) is 5.82 Å². The quantitative estimate of drug-likeness (QED) is 0.815. The molecular weight excluding hydrogens is 260 g/mol. The van der Waals surface area contributed by atoms with Crippen LogP contribution >= 0.6 is 12.2 Å². The largest absolute Gasteiger partial charge is 0.359 e. The predicted molar refractivity (Wildman–Crippen MR) is 81.0 cm³/mol. The van der Waals surface area contributed by atoms with Crippen molar-refractivity contribution >= 4 is 28.2 Å². The van der Waals surface area contributed by atoms with Crippen molar-refractivity contribution < 1.29 is 0 Å². The van der Waals surface area contributed by atoms with E-state index in [0.29, 0.717) is 21.8 Å². The summed E-state index contributed by atoms with van der Waals surface area (Å²) in [6.07, 6.45) is 0. The Balaban J connectivity index is 2.44. The van der Waals surface area contributed by atoms with Gasteiger partial charge in [-0.05, 0) is 45.1 Å². The van der Waals surface area contributed by atoms with E-state index >= 15 is 0 Å². The molecule has 0 fully saturated rings. The van der Waals surface area contributed by atoms with Crippen LogP contribution in [0.15, 0.2) is 29.1 Å². The van der Waals surface area contributed by atoms with Gasteiger partial charge in [0, 0.05) is 6.04 Å². The molecule has 0 aliphatic carbocycles. The van der Waals surface area contributed by atoms with Gasteiger partial charge in [-0.2, -0.15) is 0 Å². The molecule has 0 radical (unpaired) electrons. The Kier molecular flexibility index (Phi) is 3.80. The van der Waals surface area contributed by atoms with Crippen LogP contribution < -0.4 is 16.3 Å². The molecule has 19 heavy (non-hydrogen) atoms. The molecule has 2 aromatic rings. The Bertz CT molecular complexity index is 678. The number of nitrogens with one attached hydrogen (secondary N) is 2. The molecule has 0 bridgehead atoms. The Hall–Kier alpha value is -1.95. The fourth-order valence-electron chi connectivity index (χ4n) is 1.77. The standard InChI is InChI=1S/C13H16N4OS/c1-8(2)14-13(19)16-17-9(3)15-11-7-5-4-6-10(11)12(17)18/h4-8H,1-3H3,(H2,14,16,19). The second kappa shape index (κ2) is 5.36. The summed E-state index contributed by atoms with van der Waals surface area (Å²) in [6, 6.07) is 7.44. The molecule has 0 spiro atoms. The number of benzene rings is 1. The lowest BCUT2D eigenvalue weighted by molar-refractivity contribution is 0.724. The van der Waals surface area contributed by atoms with Gasteiger partial charge in [-0.15, -0.1) is 0 Å². The molecule has 1 heterocycles. The number of nitrogens with zero attached hydrogens (tertiary/aromatic N) is 2. The van der Waals surface area contributed by atoms with Gasteiger partial charge in [0.25, 0.3) is 5.56 Å². The van der Waals surface area contributed by atoms with Crippen molar-refractivity contribution in [3.63, 3.8) is 0 Å². The van der Waals surface area contributed by atoms with E-state index in [9.17, 15) is 4.79 Å². The maximum absolute atomic E-state index is 12.3. The normalized spacial score (nSPS) is 10.7. The molecule has 0 amide bonds. The molecule has 1 aromatic heterocycles. The number of aromatic nitrogens is 2. The zero-order valence-electron chi connectivity index (χ0n) is 11.1. The predicted octanol–water partition coefficient (Wildman–Crippen LogP) is 1.53. The number of para-hydroxylation sites is 1. The van der Waals surface area contributed by atoms with Crippen molar-refractivity contribution in [3.8, 4) is 0 Å². The van der Waals surface area contributed by atoms with Gasteiger partial charge in [0.2, 0.25) is 0 Å². The van der Waals surface area contributed by atoms with E-state index in [4.69, 9.17) is 12.2 Å². The Morgan fingerprint density at radius 3 is 2.74 bits per heavy atom. The van der Waals surface area contributed by atoms with Crippen LogP contribution in [0.1, 0.15) is 19.7 Å². The average Bonchev–Trinajstić information content (AvgIpc) is 2.33. The third kappa shape index (κ3) is 2.90. The van der Waals surface area contributed by atoms with Gasteiger partial charge < -0.3 is 5.32 Å². The third-order valence-corrected chi connectivity index (χ3v) is 2.79. The summed E-state index contributed by atoms with van der Waals surface area (Å²) in [6.45, 7) is 5.71. The molecule has 0 saturated carbocycles. The zero-order chi connectivity index (χ0) is 14.0. The molecular formula is C13H16N4OS. The molecule has 0 aliphatic rings. The maximum Gasteiger partial charge on any atom is 0.280 e. The van der Waals surface area contributed by atoms with Crippen LogP contribution in [0.25, 0.3) is 10.9 Å². The van der Waals surface area contributed by atoms with Gasteiger partial charge in [0.05, 0.1) is 10.9 Å². The highest BCUT2D eigenvalue weighted by atomic mass is 32.1. The van der Waals surface area contributed by atoms with Crippen LogP contribution in [0.2, 0.25) is 0 Å². The molecule has 0 saturated heterocycles. The van der Waals surface area contributed by atoms with Crippen LogP contribution in [0.3, 0.4) is 0 Å². The number of rotatable bonds is 2. The third-order valence-electron chi connectivity index (χ3n) is 2.58. The van der Waals surface area contributed by atoms with E-state index in [-0.39, 0.29) is 11.6 Å². The van der Waals surface area contributed by atoms with Crippen molar-refractivity contribution in [2.45, 2.75) is 26.8 Å². The van der Waals surface area contributed by atoms with Crippen molar-refractivity contribution in [1.29, 1.82) is 0 Å². The van der Waals surface area contributed by atoms with Gasteiger partial charge in [-0.1, -0.05) is 12.1 Å². The summed E-state index contributed by atoms with van der Waals surface area (Å²) in [5, 5.41) is 3.99. The number of hydrogen-bond acceptors (Lipinski definition) is 3. The lowest BCUT2D eigenvalue weighted by Crippen LogP contribution is -2.43.